The van der Waals surface area contributed by atoms with Gasteiger partial charge in [-0.1, -0.05) is 24.3 Å². The number of esters is 1. The van der Waals surface area contributed by atoms with Crippen LogP contribution in [0, 0.1) is 13.8 Å². The number of methoxy groups -OCH3 is 1. The van der Waals surface area contributed by atoms with Gasteiger partial charge in [-0.25, -0.2) is 4.98 Å². The lowest BCUT2D eigenvalue weighted by Gasteiger charge is -2.10. The van der Waals surface area contributed by atoms with E-state index in [1.165, 1.54) is 7.11 Å². The van der Waals surface area contributed by atoms with Crippen molar-refractivity contribution in [1.82, 2.24) is 9.55 Å². The fraction of sp³-hybridized carbons (Fsp3) is 0.333. The molecule has 1 aromatic carbocycles. The van der Waals surface area contributed by atoms with Crippen molar-refractivity contribution in [3.05, 3.63) is 53.1 Å². The van der Waals surface area contributed by atoms with Crippen molar-refractivity contribution >= 4 is 5.97 Å². The summed E-state index contributed by atoms with van der Waals surface area (Å²) in [4.78, 5) is 15.7. The molecule has 0 bridgehead atoms. The average Bonchev–Trinajstić information content (AvgIpc) is 2.73. The van der Waals surface area contributed by atoms with Crippen LogP contribution in [0.1, 0.15) is 22.5 Å². The topological polar surface area (TPSA) is 44.1 Å². The molecule has 0 unspecified atom stereocenters. The Bertz CT molecular complexity index is 588. The summed E-state index contributed by atoms with van der Waals surface area (Å²) in [6.07, 6.45) is 2.14. The lowest BCUT2D eigenvalue weighted by atomic mass is 10.0. The Kier molecular flexibility index (Phi) is 4.00. The minimum Gasteiger partial charge on any atom is -0.469 e. The van der Waals surface area contributed by atoms with Crippen LogP contribution in [-0.4, -0.2) is 22.6 Å². The van der Waals surface area contributed by atoms with Crippen molar-refractivity contribution in [3.63, 3.8) is 0 Å². The van der Waals surface area contributed by atoms with Gasteiger partial charge in [0.2, 0.25) is 0 Å². The summed E-state index contributed by atoms with van der Waals surface area (Å²) in [7, 11) is 1.41. The van der Waals surface area contributed by atoms with E-state index in [1.807, 2.05) is 44.4 Å². The molecule has 0 radical (unpaired) electrons. The molecule has 2 aromatic rings. The molecule has 0 fully saturated rings. The summed E-state index contributed by atoms with van der Waals surface area (Å²) in [6.45, 7) is 4.76. The summed E-state index contributed by atoms with van der Waals surface area (Å²) in [6, 6.07) is 7.92. The van der Waals surface area contributed by atoms with Crippen molar-refractivity contribution in [1.29, 1.82) is 0 Å². The Balaban J connectivity index is 2.25. The van der Waals surface area contributed by atoms with E-state index in [2.05, 4.69) is 9.55 Å². The lowest BCUT2D eigenvalue weighted by molar-refractivity contribution is -0.139. The fourth-order valence-electron chi connectivity index (χ4n) is 2.00. The first-order chi connectivity index (χ1) is 9.11. The van der Waals surface area contributed by atoms with Crippen LogP contribution in [0.2, 0.25) is 0 Å². The molecule has 0 N–H and O–H groups in total. The van der Waals surface area contributed by atoms with Gasteiger partial charge in [0.1, 0.15) is 0 Å². The summed E-state index contributed by atoms with van der Waals surface area (Å²) in [5, 5.41) is 0. The Morgan fingerprint density at radius 3 is 2.53 bits per heavy atom. The maximum atomic E-state index is 11.4. The van der Waals surface area contributed by atoms with Gasteiger partial charge in [-0.2, -0.15) is 0 Å². The second-order valence-electron chi connectivity index (χ2n) is 4.56. The third-order valence-corrected chi connectivity index (χ3v) is 3.37. The van der Waals surface area contributed by atoms with Gasteiger partial charge in [-0.15, -0.1) is 0 Å². The van der Waals surface area contributed by atoms with E-state index in [4.69, 9.17) is 4.74 Å². The largest absolute Gasteiger partial charge is 0.469 e. The monoisotopic (exact) mass is 258 g/mol. The quantitative estimate of drug-likeness (QED) is 0.790. The normalized spacial score (nSPS) is 10.5. The van der Waals surface area contributed by atoms with E-state index in [-0.39, 0.29) is 5.97 Å². The summed E-state index contributed by atoms with van der Waals surface area (Å²) >= 11 is 0. The fourth-order valence-corrected chi connectivity index (χ4v) is 2.00. The number of nitrogens with zero attached hydrogens (tertiary/aromatic N) is 2. The number of aromatic nitrogens is 2. The Labute approximate surface area is 113 Å². The van der Waals surface area contributed by atoms with Crippen molar-refractivity contribution in [3.8, 4) is 0 Å². The molecule has 19 heavy (non-hydrogen) atoms. The highest BCUT2D eigenvalue weighted by molar-refractivity contribution is 5.72. The number of carbonyl (C=O) groups excluding carboxylic acids is 1. The Morgan fingerprint density at radius 2 is 1.95 bits per heavy atom. The molecule has 4 nitrogen and oxygen atoms in total. The maximum Gasteiger partial charge on any atom is 0.309 e. The molecule has 100 valence electrons. The van der Waals surface area contributed by atoms with Gasteiger partial charge in [0.25, 0.3) is 0 Å². The first-order valence-electron chi connectivity index (χ1n) is 6.23. The van der Waals surface area contributed by atoms with Crippen LogP contribution >= 0.6 is 0 Å². The van der Waals surface area contributed by atoms with E-state index in [9.17, 15) is 4.79 Å². The van der Waals surface area contributed by atoms with Crippen LogP contribution in [0.25, 0.3) is 0 Å². The van der Waals surface area contributed by atoms with E-state index in [0.29, 0.717) is 6.42 Å². The van der Waals surface area contributed by atoms with Crippen molar-refractivity contribution in [2.45, 2.75) is 26.8 Å². The number of imidazole rings is 1. The van der Waals surface area contributed by atoms with Gasteiger partial charge in [-0.05, 0) is 25.0 Å². The second-order valence-corrected chi connectivity index (χ2v) is 4.56. The molecule has 0 spiro atoms. The molecule has 0 aliphatic rings. The van der Waals surface area contributed by atoms with Crippen LogP contribution in [0.5, 0.6) is 0 Å². The molecule has 1 aromatic heterocycles. The van der Waals surface area contributed by atoms with Crippen LogP contribution in [0.3, 0.4) is 0 Å². The molecule has 1 heterocycles. The lowest BCUT2D eigenvalue weighted by Crippen LogP contribution is -2.09. The number of aryl methyl sites for hydroxylation is 1. The van der Waals surface area contributed by atoms with Gasteiger partial charge in [0.15, 0.2) is 0 Å². The first kappa shape index (κ1) is 13.3. The molecule has 0 aliphatic carbocycles. The van der Waals surface area contributed by atoms with Crippen LogP contribution < -0.4 is 0 Å². The number of benzene rings is 1. The zero-order chi connectivity index (χ0) is 13.8. The predicted octanol–water partition coefficient (Wildman–Crippen LogP) is 2.26. The highest BCUT2D eigenvalue weighted by Crippen LogP contribution is 2.14. The van der Waals surface area contributed by atoms with E-state index >= 15 is 0 Å². The second kappa shape index (κ2) is 5.69. The molecule has 0 saturated carbocycles. The molecule has 0 aliphatic heterocycles. The Hall–Kier alpha value is -2.10. The van der Waals surface area contributed by atoms with Gasteiger partial charge >= 0.3 is 5.97 Å². The predicted molar refractivity (Wildman–Crippen MR) is 73.0 cm³/mol. The van der Waals surface area contributed by atoms with E-state index in [1.54, 1.807) is 0 Å². The molecule has 0 saturated heterocycles. The summed E-state index contributed by atoms with van der Waals surface area (Å²) in [5.41, 5.74) is 4.30. The van der Waals surface area contributed by atoms with E-state index in [0.717, 1.165) is 29.1 Å². The Morgan fingerprint density at radius 1 is 1.26 bits per heavy atom. The van der Waals surface area contributed by atoms with Crippen molar-refractivity contribution < 1.29 is 9.53 Å². The number of rotatable bonds is 4. The van der Waals surface area contributed by atoms with Gasteiger partial charge < -0.3 is 9.30 Å². The zero-order valence-electron chi connectivity index (χ0n) is 11.5. The third kappa shape index (κ3) is 3.02. The number of hydrogen-bond donors (Lipinski definition) is 0. The minimum atomic E-state index is -0.217. The average molecular weight is 258 g/mol. The highest BCUT2D eigenvalue weighted by atomic mass is 16.5. The van der Waals surface area contributed by atoms with Gasteiger partial charge in [0, 0.05) is 12.2 Å². The molecule has 4 heteroatoms. The SMILES string of the molecule is COC(=O)Cc1ccccc1Cn1cnc(C)c1C. The third-order valence-electron chi connectivity index (χ3n) is 3.37. The molecule has 2 rings (SSSR count). The molecule has 0 atom stereocenters. The van der Waals surface area contributed by atoms with E-state index < -0.39 is 0 Å². The molecule has 0 amide bonds. The molecular formula is C15H18N2O2. The molecular weight excluding hydrogens is 240 g/mol. The van der Waals surface area contributed by atoms with Crippen LogP contribution in [0.15, 0.2) is 30.6 Å². The maximum absolute atomic E-state index is 11.4. The minimum absolute atomic E-state index is 0.217. The van der Waals surface area contributed by atoms with Crippen LogP contribution in [-0.2, 0) is 22.5 Å². The van der Waals surface area contributed by atoms with Gasteiger partial charge in [-0.3, -0.25) is 4.79 Å². The summed E-state index contributed by atoms with van der Waals surface area (Å²) in [5.74, 6) is -0.217. The van der Waals surface area contributed by atoms with Crippen molar-refractivity contribution in [2.24, 2.45) is 0 Å². The standard InChI is InChI=1S/C15H18N2O2/c1-11-12(2)17(10-16-11)9-14-7-5-4-6-13(14)8-15(18)19-3/h4-7,10H,8-9H2,1-3H3. The number of hydrogen-bond acceptors (Lipinski definition) is 3. The number of ether oxygens (including phenoxy) is 1. The smallest absolute Gasteiger partial charge is 0.309 e. The van der Waals surface area contributed by atoms with Crippen LogP contribution in [0.4, 0.5) is 0 Å². The first-order valence-corrected chi connectivity index (χ1v) is 6.23. The zero-order valence-corrected chi connectivity index (χ0v) is 11.5. The van der Waals surface area contributed by atoms with Crippen molar-refractivity contribution in [2.75, 3.05) is 7.11 Å². The highest BCUT2D eigenvalue weighted by Gasteiger charge is 2.09. The number of carbonyl (C=O) groups is 1. The van der Waals surface area contributed by atoms with Gasteiger partial charge in [0.05, 0.1) is 25.6 Å². The summed E-state index contributed by atoms with van der Waals surface area (Å²) < 4.78 is 6.82.